The van der Waals surface area contributed by atoms with Gasteiger partial charge in [-0.3, -0.25) is 9.63 Å². The highest BCUT2D eigenvalue weighted by Gasteiger charge is 2.24. The van der Waals surface area contributed by atoms with Gasteiger partial charge in [-0.2, -0.15) is 5.48 Å². The van der Waals surface area contributed by atoms with Crippen LogP contribution in [0.15, 0.2) is 24.3 Å². The van der Waals surface area contributed by atoms with Crippen molar-refractivity contribution in [2.75, 3.05) is 37.1 Å². The molecule has 33 heavy (non-hydrogen) atoms. The summed E-state index contributed by atoms with van der Waals surface area (Å²) < 4.78 is 66.1. The number of hydrogen-bond acceptors (Lipinski definition) is 8. The number of aryl methyl sites for hydroxylation is 1. The Balaban J connectivity index is 2.32. The first-order valence-corrected chi connectivity index (χ1v) is 11.7. The van der Waals surface area contributed by atoms with E-state index in [4.69, 9.17) is 14.8 Å². The molecule has 2 aromatic rings. The first-order chi connectivity index (χ1) is 15.5. The molecule has 0 saturated heterocycles. The molecular formula is C20H24F3N3O6S. The van der Waals surface area contributed by atoms with Crippen LogP contribution in [0.4, 0.5) is 24.5 Å². The summed E-state index contributed by atoms with van der Waals surface area (Å²) in [6.45, 7) is 0.330. The Morgan fingerprint density at radius 2 is 1.82 bits per heavy atom. The van der Waals surface area contributed by atoms with Crippen molar-refractivity contribution in [1.82, 2.24) is 11.0 Å². The van der Waals surface area contributed by atoms with Crippen LogP contribution in [0, 0.1) is 24.4 Å². The summed E-state index contributed by atoms with van der Waals surface area (Å²) in [5.41, 5.74) is 3.30. The van der Waals surface area contributed by atoms with E-state index >= 15 is 0 Å². The molecule has 0 atom stereocenters. The normalized spacial score (nSPS) is 11.5. The molecule has 0 saturated carbocycles. The molecule has 0 unspecified atom stereocenters. The standard InChI is InChI=1S/C20H24F3N3O6S/c1-12-3-4-16(15(21)9-12)25-19-14(20(28)26-32-6-5-27)10-13(17(22)18(19)23)11-24-31-7-8-33(2,29)30/h3-4,9-10,24-25,27H,5-8,11H2,1-2H3,(H,26,28). The molecule has 0 radical (unpaired) electrons. The minimum Gasteiger partial charge on any atom is -0.394 e. The maximum atomic E-state index is 14.9. The van der Waals surface area contributed by atoms with Crippen LogP contribution in [0.25, 0.3) is 0 Å². The highest BCUT2D eigenvalue weighted by molar-refractivity contribution is 7.90. The number of rotatable bonds is 12. The van der Waals surface area contributed by atoms with Gasteiger partial charge in [-0.05, 0) is 30.7 Å². The van der Waals surface area contributed by atoms with Crippen LogP contribution in [0.1, 0.15) is 21.5 Å². The zero-order valence-electron chi connectivity index (χ0n) is 17.9. The van der Waals surface area contributed by atoms with Crippen LogP contribution in [-0.2, 0) is 26.1 Å². The number of hydrogen-bond donors (Lipinski definition) is 4. The minimum absolute atomic E-state index is 0.195. The molecular weight excluding hydrogens is 467 g/mol. The van der Waals surface area contributed by atoms with Gasteiger partial charge in [0.2, 0.25) is 0 Å². The summed E-state index contributed by atoms with van der Waals surface area (Å²) in [6, 6.07) is 5.01. The number of amides is 1. The third-order valence-electron chi connectivity index (χ3n) is 4.19. The maximum Gasteiger partial charge on any atom is 0.277 e. The molecule has 0 heterocycles. The molecule has 0 aliphatic rings. The number of hydroxylamine groups is 2. The van der Waals surface area contributed by atoms with Crippen LogP contribution >= 0.6 is 0 Å². The second-order valence-corrected chi connectivity index (χ2v) is 9.26. The number of benzene rings is 2. The van der Waals surface area contributed by atoms with E-state index in [1.54, 1.807) is 6.92 Å². The Labute approximate surface area is 188 Å². The summed E-state index contributed by atoms with van der Waals surface area (Å²) >= 11 is 0. The Hall–Kier alpha value is -2.71. The number of sulfone groups is 1. The van der Waals surface area contributed by atoms with Gasteiger partial charge in [-0.25, -0.2) is 27.1 Å². The van der Waals surface area contributed by atoms with Gasteiger partial charge in [0.1, 0.15) is 15.7 Å². The predicted molar refractivity (Wildman–Crippen MR) is 114 cm³/mol. The fourth-order valence-electron chi connectivity index (χ4n) is 2.58. The smallest absolute Gasteiger partial charge is 0.277 e. The molecule has 2 rings (SSSR count). The SMILES string of the molecule is Cc1ccc(Nc2c(C(=O)NOCCO)cc(CNOCCS(C)(=O)=O)c(F)c2F)c(F)c1. The van der Waals surface area contributed by atoms with Gasteiger partial charge in [0, 0.05) is 18.4 Å². The van der Waals surface area contributed by atoms with E-state index in [1.807, 2.05) is 5.48 Å². The van der Waals surface area contributed by atoms with Gasteiger partial charge in [-0.15, -0.1) is 0 Å². The monoisotopic (exact) mass is 491 g/mol. The number of carbonyl (C=O) groups excluding carboxylic acids is 1. The van der Waals surface area contributed by atoms with Crippen molar-refractivity contribution in [2.24, 2.45) is 0 Å². The lowest BCUT2D eigenvalue weighted by Gasteiger charge is -2.17. The third-order valence-corrected chi connectivity index (χ3v) is 5.10. The molecule has 0 aromatic heterocycles. The second-order valence-electron chi connectivity index (χ2n) is 7.00. The molecule has 0 bridgehead atoms. The highest BCUT2D eigenvalue weighted by atomic mass is 32.2. The number of aliphatic hydroxyl groups is 1. The number of carbonyl (C=O) groups is 1. The van der Waals surface area contributed by atoms with E-state index in [0.29, 0.717) is 5.56 Å². The van der Waals surface area contributed by atoms with Crippen LogP contribution in [0.5, 0.6) is 0 Å². The van der Waals surface area contributed by atoms with E-state index in [1.165, 1.54) is 18.2 Å². The van der Waals surface area contributed by atoms with Gasteiger partial charge in [-0.1, -0.05) is 6.07 Å². The van der Waals surface area contributed by atoms with Gasteiger partial charge in [0.15, 0.2) is 11.6 Å². The largest absolute Gasteiger partial charge is 0.394 e. The summed E-state index contributed by atoms with van der Waals surface area (Å²) in [7, 11) is -3.28. The van der Waals surface area contributed by atoms with Crippen LogP contribution in [-0.4, -0.2) is 51.3 Å². The second kappa shape index (κ2) is 12.0. The van der Waals surface area contributed by atoms with E-state index < -0.39 is 57.6 Å². The van der Waals surface area contributed by atoms with Crippen LogP contribution in [0.2, 0.25) is 0 Å². The number of anilines is 2. The van der Waals surface area contributed by atoms with Crippen molar-refractivity contribution in [3.8, 4) is 0 Å². The van der Waals surface area contributed by atoms with Gasteiger partial charge in [0.05, 0.1) is 42.5 Å². The van der Waals surface area contributed by atoms with Gasteiger partial charge in [0.25, 0.3) is 5.91 Å². The van der Waals surface area contributed by atoms with Crippen molar-refractivity contribution < 1.29 is 41.2 Å². The van der Waals surface area contributed by atoms with Crippen LogP contribution < -0.4 is 16.3 Å². The molecule has 0 fully saturated rings. The molecule has 13 heteroatoms. The maximum absolute atomic E-state index is 14.9. The zero-order valence-corrected chi connectivity index (χ0v) is 18.7. The van der Waals surface area contributed by atoms with E-state index in [-0.39, 0.29) is 30.2 Å². The van der Waals surface area contributed by atoms with E-state index in [0.717, 1.165) is 12.3 Å². The lowest BCUT2D eigenvalue weighted by molar-refractivity contribution is 0.0168. The third kappa shape index (κ3) is 7.98. The molecule has 0 aliphatic heterocycles. The molecule has 4 N–H and O–H groups in total. The topological polar surface area (TPSA) is 126 Å². The summed E-state index contributed by atoms with van der Waals surface area (Å²) in [5, 5.41) is 11.2. The fraction of sp³-hybridized carbons (Fsp3) is 0.350. The van der Waals surface area contributed by atoms with Crippen molar-refractivity contribution in [1.29, 1.82) is 0 Å². The van der Waals surface area contributed by atoms with Crippen molar-refractivity contribution >= 4 is 27.1 Å². The number of aliphatic hydroxyl groups excluding tert-OH is 1. The lowest BCUT2D eigenvalue weighted by Crippen LogP contribution is -2.27. The average molecular weight is 491 g/mol. The zero-order chi connectivity index (χ0) is 24.6. The van der Waals surface area contributed by atoms with Crippen molar-refractivity contribution in [3.63, 3.8) is 0 Å². The molecule has 0 aliphatic carbocycles. The lowest BCUT2D eigenvalue weighted by atomic mass is 10.1. The molecule has 1 amide bonds. The Bertz CT molecular complexity index is 1100. The Morgan fingerprint density at radius 3 is 2.45 bits per heavy atom. The molecule has 0 spiro atoms. The average Bonchev–Trinajstić information content (AvgIpc) is 2.73. The summed E-state index contributed by atoms with van der Waals surface area (Å²) in [5.74, 6) is -4.83. The van der Waals surface area contributed by atoms with E-state index in [9.17, 15) is 26.4 Å². The first kappa shape index (κ1) is 26.5. The summed E-state index contributed by atoms with van der Waals surface area (Å²) in [6.07, 6.45) is 1.01. The van der Waals surface area contributed by atoms with Crippen LogP contribution in [0.3, 0.4) is 0 Å². The molecule has 2 aromatic carbocycles. The molecule has 182 valence electrons. The van der Waals surface area contributed by atoms with E-state index in [2.05, 4.69) is 10.8 Å². The highest BCUT2D eigenvalue weighted by Crippen LogP contribution is 2.30. The summed E-state index contributed by atoms with van der Waals surface area (Å²) in [4.78, 5) is 22.2. The molecule has 9 nitrogen and oxygen atoms in total. The fourth-order valence-corrected chi connectivity index (χ4v) is 2.96. The van der Waals surface area contributed by atoms with Crippen molar-refractivity contribution in [2.45, 2.75) is 13.5 Å². The van der Waals surface area contributed by atoms with Gasteiger partial charge >= 0.3 is 0 Å². The first-order valence-electron chi connectivity index (χ1n) is 9.63. The van der Waals surface area contributed by atoms with Crippen molar-refractivity contribution in [3.05, 3.63) is 58.4 Å². The minimum atomic E-state index is -3.28. The number of halogens is 3. The quantitative estimate of drug-likeness (QED) is 0.262. The Kier molecular flexibility index (Phi) is 9.61. The van der Waals surface area contributed by atoms with Gasteiger partial charge < -0.3 is 15.3 Å². The Morgan fingerprint density at radius 1 is 1.09 bits per heavy atom. The predicted octanol–water partition coefficient (Wildman–Crippen LogP) is 1.88. The number of nitrogens with one attached hydrogen (secondary N) is 3.